The van der Waals surface area contributed by atoms with Crippen LogP contribution in [0.5, 0.6) is 11.6 Å². The Labute approximate surface area is 197 Å². The molecule has 3 aromatic carbocycles. The van der Waals surface area contributed by atoms with Crippen molar-refractivity contribution in [3.63, 3.8) is 0 Å². The van der Waals surface area contributed by atoms with Crippen LogP contribution in [0.3, 0.4) is 0 Å². The number of aromatic nitrogens is 1. The van der Waals surface area contributed by atoms with Gasteiger partial charge in [-0.1, -0.05) is 18.2 Å². The molecule has 5 rings (SSSR count). The summed E-state index contributed by atoms with van der Waals surface area (Å²) in [4.78, 5) is 24.0. The van der Waals surface area contributed by atoms with Crippen molar-refractivity contribution >= 4 is 28.2 Å². The Morgan fingerprint density at radius 2 is 1.94 bits per heavy atom. The number of hydrogen-bond acceptors (Lipinski definition) is 6. The highest BCUT2D eigenvalue weighted by molar-refractivity contribution is 5.99. The third-order valence-corrected chi connectivity index (χ3v) is 5.78. The molecule has 0 aliphatic carbocycles. The van der Waals surface area contributed by atoms with Crippen molar-refractivity contribution in [3.8, 4) is 11.6 Å². The first kappa shape index (κ1) is 22.5. The first-order valence-corrected chi connectivity index (χ1v) is 10.7. The molecule has 0 radical (unpaired) electrons. The van der Waals surface area contributed by atoms with Crippen molar-refractivity contribution in [1.29, 1.82) is 0 Å². The molecule has 0 spiro atoms. The quantitative estimate of drug-likeness (QED) is 0.374. The van der Waals surface area contributed by atoms with Gasteiger partial charge in [-0.05, 0) is 47.1 Å². The van der Waals surface area contributed by atoms with Crippen LogP contribution in [0.15, 0.2) is 59.8 Å². The molecule has 0 saturated heterocycles. The summed E-state index contributed by atoms with van der Waals surface area (Å²) in [5.74, 6) is -1.40. The van der Waals surface area contributed by atoms with E-state index in [1.165, 1.54) is 41.0 Å². The first-order valence-electron chi connectivity index (χ1n) is 10.7. The molecule has 0 saturated carbocycles. The average Bonchev–Trinajstić information content (AvgIpc) is 3.10. The van der Waals surface area contributed by atoms with Gasteiger partial charge in [0.05, 0.1) is 25.1 Å². The van der Waals surface area contributed by atoms with E-state index in [1.54, 1.807) is 18.2 Å². The number of nitroso groups, excluding NO2 is 1. The molecule has 8 nitrogen and oxygen atoms in total. The second-order valence-corrected chi connectivity index (χ2v) is 8.06. The number of hydrogen-bond donors (Lipinski definition) is 2. The molecule has 0 bridgehead atoms. The van der Waals surface area contributed by atoms with E-state index >= 15 is 0 Å². The Bertz CT molecular complexity index is 1470. The molecule has 2 N–H and O–H groups in total. The molecule has 1 aromatic heterocycles. The smallest absolute Gasteiger partial charge is 0.228 e. The number of carbonyl (C=O) groups is 1. The summed E-state index contributed by atoms with van der Waals surface area (Å²) in [5.41, 5.74) is 1.77. The summed E-state index contributed by atoms with van der Waals surface area (Å²) in [5, 5.41) is 16.7. The molecule has 10 heteroatoms. The van der Waals surface area contributed by atoms with Gasteiger partial charge < -0.3 is 24.5 Å². The van der Waals surface area contributed by atoms with Crippen LogP contribution in [0.4, 0.5) is 20.2 Å². The van der Waals surface area contributed by atoms with Gasteiger partial charge in [0.1, 0.15) is 17.4 Å². The molecule has 0 fully saturated rings. The van der Waals surface area contributed by atoms with Crippen molar-refractivity contribution in [1.82, 2.24) is 4.57 Å². The Morgan fingerprint density at radius 3 is 2.74 bits per heavy atom. The molecule has 1 aliphatic rings. The molecule has 0 atom stereocenters. The number of halogens is 2. The summed E-state index contributed by atoms with van der Waals surface area (Å²) in [6.07, 6.45) is -0.174. The third kappa shape index (κ3) is 4.31. The molecule has 1 amide bonds. The molecule has 0 unspecified atom stereocenters. The van der Waals surface area contributed by atoms with Gasteiger partial charge in [-0.15, -0.1) is 4.91 Å². The zero-order chi connectivity index (χ0) is 24.5. The highest BCUT2D eigenvalue weighted by Gasteiger charge is 2.22. The molecule has 4 aromatic rings. The molecule has 35 heavy (non-hydrogen) atoms. The van der Waals surface area contributed by atoms with Crippen LogP contribution >= 0.6 is 0 Å². The number of anilines is 1. The lowest BCUT2D eigenvalue weighted by Crippen LogP contribution is -2.15. The van der Waals surface area contributed by atoms with Crippen LogP contribution in [-0.2, 0) is 29.1 Å². The highest BCUT2D eigenvalue weighted by atomic mass is 19.1. The maximum Gasteiger partial charge on any atom is 0.228 e. The number of benzene rings is 3. The van der Waals surface area contributed by atoms with Crippen LogP contribution in [-0.4, -0.2) is 22.4 Å². The zero-order valence-electron chi connectivity index (χ0n) is 18.3. The summed E-state index contributed by atoms with van der Waals surface area (Å²) in [6, 6.07) is 13.2. The van der Waals surface area contributed by atoms with E-state index in [0.29, 0.717) is 33.5 Å². The van der Waals surface area contributed by atoms with Gasteiger partial charge in [0.15, 0.2) is 12.5 Å². The highest BCUT2D eigenvalue weighted by Crippen LogP contribution is 2.41. The Morgan fingerprint density at radius 1 is 1.11 bits per heavy atom. The second kappa shape index (κ2) is 9.15. The van der Waals surface area contributed by atoms with Gasteiger partial charge in [-0.2, -0.15) is 0 Å². The summed E-state index contributed by atoms with van der Waals surface area (Å²) >= 11 is 0. The third-order valence-electron chi connectivity index (χ3n) is 5.78. The van der Waals surface area contributed by atoms with E-state index in [2.05, 4.69) is 10.5 Å². The topological polar surface area (TPSA) is 102 Å². The minimum absolute atomic E-state index is 0.00335. The predicted octanol–water partition coefficient (Wildman–Crippen LogP) is 5.12. The van der Waals surface area contributed by atoms with Gasteiger partial charge >= 0.3 is 0 Å². The maximum absolute atomic E-state index is 14.2. The standard InChI is InChI=1S/C25H19F2N3O5/c26-17-7-15(24-16(8-17)12-34-13-35-24)11-30-21-10-18(5-6-19(21)23(29-33)25(30)32)28-22(31)9-14-3-1-2-4-20(14)27/h1-8,10,32H,9,11-13H2,(H,28,31). The normalized spacial score (nSPS) is 12.7. The lowest BCUT2D eigenvalue weighted by Gasteiger charge is -2.21. The van der Waals surface area contributed by atoms with Gasteiger partial charge in [0, 0.05) is 22.2 Å². The van der Waals surface area contributed by atoms with E-state index in [-0.39, 0.29) is 37.6 Å². The van der Waals surface area contributed by atoms with Gasteiger partial charge in [-0.3, -0.25) is 4.79 Å². The van der Waals surface area contributed by atoms with E-state index < -0.39 is 23.4 Å². The number of amides is 1. The summed E-state index contributed by atoms with van der Waals surface area (Å²) < 4.78 is 40.3. The summed E-state index contributed by atoms with van der Waals surface area (Å²) in [7, 11) is 0. The number of carbonyl (C=O) groups excluding carboxylic acids is 1. The van der Waals surface area contributed by atoms with Gasteiger partial charge in [0.2, 0.25) is 11.8 Å². The van der Waals surface area contributed by atoms with E-state index in [4.69, 9.17) is 9.47 Å². The van der Waals surface area contributed by atoms with Crippen LogP contribution in [0, 0.1) is 16.5 Å². The largest absolute Gasteiger partial charge is 0.493 e. The molecule has 1 aliphatic heterocycles. The minimum Gasteiger partial charge on any atom is -0.493 e. The SMILES string of the molecule is O=Nc1c(O)n(Cc2cc(F)cc3c2OCOC3)c2cc(NC(=O)Cc3ccccc3F)ccc12. The first-order chi connectivity index (χ1) is 16.9. The number of ether oxygens (including phenoxy) is 2. The average molecular weight is 479 g/mol. The predicted molar refractivity (Wildman–Crippen MR) is 124 cm³/mol. The van der Waals surface area contributed by atoms with E-state index in [9.17, 15) is 23.6 Å². The van der Waals surface area contributed by atoms with Crippen LogP contribution in [0.25, 0.3) is 10.9 Å². The Hall–Kier alpha value is -4.31. The fourth-order valence-corrected chi connectivity index (χ4v) is 4.21. The van der Waals surface area contributed by atoms with E-state index in [0.717, 1.165) is 0 Å². The monoisotopic (exact) mass is 479 g/mol. The van der Waals surface area contributed by atoms with Crippen LogP contribution < -0.4 is 10.1 Å². The van der Waals surface area contributed by atoms with Gasteiger partial charge in [-0.25, -0.2) is 8.78 Å². The number of rotatable bonds is 6. The molecular weight excluding hydrogens is 460 g/mol. The summed E-state index contributed by atoms with van der Waals surface area (Å²) in [6.45, 7) is 0.145. The zero-order valence-corrected chi connectivity index (χ0v) is 18.3. The minimum atomic E-state index is -0.501. The Balaban J connectivity index is 1.50. The lowest BCUT2D eigenvalue weighted by molar-refractivity contribution is -0.115. The molecule has 2 heterocycles. The number of nitrogens with one attached hydrogen (secondary N) is 1. The van der Waals surface area contributed by atoms with Crippen molar-refractivity contribution < 1.29 is 28.2 Å². The van der Waals surface area contributed by atoms with Crippen LogP contribution in [0.2, 0.25) is 0 Å². The number of fused-ring (bicyclic) bond motifs is 2. The Kier molecular flexibility index (Phi) is 5.87. The van der Waals surface area contributed by atoms with Gasteiger partial charge in [0.25, 0.3) is 0 Å². The van der Waals surface area contributed by atoms with Crippen LogP contribution in [0.1, 0.15) is 16.7 Å². The van der Waals surface area contributed by atoms with Crippen molar-refractivity contribution in [2.75, 3.05) is 12.1 Å². The van der Waals surface area contributed by atoms with Crippen molar-refractivity contribution in [2.45, 2.75) is 19.6 Å². The van der Waals surface area contributed by atoms with Crippen molar-refractivity contribution in [3.05, 3.63) is 87.8 Å². The second-order valence-electron chi connectivity index (χ2n) is 8.06. The maximum atomic E-state index is 14.2. The number of aromatic hydroxyl groups is 1. The lowest BCUT2D eigenvalue weighted by atomic mass is 10.1. The van der Waals surface area contributed by atoms with E-state index in [1.807, 2.05) is 0 Å². The molecule has 178 valence electrons. The molecular formula is C25H19F2N3O5. The fraction of sp³-hybridized carbons (Fsp3) is 0.160. The fourth-order valence-electron chi connectivity index (χ4n) is 4.21. The van der Waals surface area contributed by atoms with Crippen molar-refractivity contribution in [2.24, 2.45) is 5.18 Å². The number of nitrogens with zero attached hydrogens (tertiary/aromatic N) is 2.